The van der Waals surface area contributed by atoms with Crippen LogP contribution in [0.2, 0.25) is 0 Å². The molecule has 0 bridgehead atoms. The predicted molar refractivity (Wildman–Crippen MR) is 82.8 cm³/mol. The minimum atomic E-state index is -0.0231. The first-order valence-corrected chi connectivity index (χ1v) is 7.12. The Kier molecular flexibility index (Phi) is 3.99. The minimum absolute atomic E-state index is 0.0231. The van der Waals surface area contributed by atoms with E-state index >= 15 is 0 Å². The largest absolute Gasteiger partial charge is 0.287 e. The van der Waals surface area contributed by atoms with E-state index in [9.17, 15) is 4.79 Å². The van der Waals surface area contributed by atoms with E-state index < -0.39 is 0 Å². The molecular formula is C15H20N2OS. The highest BCUT2D eigenvalue weighted by atomic mass is 32.1. The standard InChI is InChI=1S/C15H20N2OS/c1-15(2,3)11(10-19)9-17-13-7-5-4-6-12(13)14(18)8-16-17/h4-8,11,19H,9-10H2,1-3H3. The van der Waals surface area contributed by atoms with Gasteiger partial charge in [-0.1, -0.05) is 32.9 Å². The minimum Gasteiger partial charge on any atom is -0.287 e. The van der Waals surface area contributed by atoms with Crippen molar-refractivity contribution in [2.75, 3.05) is 5.75 Å². The number of thiol groups is 1. The average molecular weight is 276 g/mol. The van der Waals surface area contributed by atoms with Crippen molar-refractivity contribution in [3.8, 4) is 0 Å². The summed E-state index contributed by atoms with van der Waals surface area (Å²) >= 11 is 4.45. The van der Waals surface area contributed by atoms with E-state index in [1.807, 2.05) is 28.9 Å². The quantitative estimate of drug-likeness (QED) is 0.875. The normalized spacial score (nSPS) is 13.7. The second kappa shape index (κ2) is 5.37. The number of nitrogens with zero attached hydrogens (tertiary/aromatic N) is 2. The highest BCUT2D eigenvalue weighted by Crippen LogP contribution is 2.28. The van der Waals surface area contributed by atoms with E-state index in [1.54, 1.807) is 0 Å². The van der Waals surface area contributed by atoms with Crippen LogP contribution in [-0.4, -0.2) is 15.5 Å². The zero-order valence-electron chi connectivity index (χ0n) is 11.6. The van der Waals surface area contributed by atoms with E-state index in [-0.39, 0.29) is 10.8 Å². The van der Waals surface area contributed by atoms with Crippen molar-refractivity contribution in [1.29, 1.82) is 0 Å². The van der Waals surface area contributed by atoms with Crippen LogP contribution >= 0.6 is 12.6 Å². The number of hydrogen-bond acceptors (Lipinski definition) is 3. The Balaban J connectivity index is 2.47. The number of hydrogen-bond donors (Lipinski definition) is 1. The maximum absolute atomic E-state index is 11.8. The van der Waals surface area contributed by atoms with Gasteiger partial charge in [0.25, 0.3) is 0 Å². The van der Waals surface area contributed by atoms with Gasteiger partial charge in [-0.05, 0) is 29.2 Å². The molecule has 0 N–H and O–H groups in total. The third kappa shape index (κ3) is 3.00. The van der Waals surface area contributed by atoms with Crippen LogP contribution in [0, 0.1) is 11.3 Å². The van der Waals surface area contributed by atoms with Gasteiger partial charge in [-0.3, -0.25) is 9.48 Å². The predicted octanol–water partition coefficient (Wildman–Crippen LogP) is 2.99. The molecule has 3 nitrogen and oxygen atoms in total. The second-order valence-electron chi connectivity index (χ2n) is 5.95. The SMILES string of the molecule is CC(C)(C)C(CS)Cn1ncc(=O)c2ccccc21. The maximum Gasteiger partial charge on any atom is 0.207 e. The fourth-order valence-corrected chi connectivity index (χ4v) is 2.78. The Morgan fingerprint density at radius 2 is 2.00 bits per heavy atom. The summed E-state index contributed by atoms with van der Waals surface area (Å²) in [6, 6.07) is 7.62. The summed E-state index contributed by atoms with van der Waals surface area (Å²) in [7, 11) is 0. The fraction of sp³-hybridized carbons (Fsp3) is 0.467. The first-order valence-electron chi connectivity index (χ1n) is 6.49. The molecule has 0 aliphatic carbocycles. The summed E-state index contributed by atoms with van der Waals surface area (Å²) in [6.07, 6.45) is 1.40. The maximum atomic E-state index is 11.8. The molecule has 0 radical (unpaired) electrons. The molecule has 2 aromatic rings. The summed E-state index contributed by atoms with van der Waals surface area (Å²) in [4.78, 5) is 11.8. The Morgan fingerprint density at radius 1 is 1.32 bits per heavy atom. The molecule has 19 heavy (non-hydrogen) atoms. The van der Waals surface area contributed by atoms with E-state index in [4.69, 9.17) is 0 Å². The average Bonchev–Trinajstić information content (AvgIpc) is 2.37. The van der Waals surface area contributed by atoms with Crippen LogP contribution in [-0.2, 0) is 6.54 Å². The van der Waals surface area contributed by atoms with Crippen LogP contribution in [0.4, 0.5) is 0 Å². The molecule has 0 saturated heterocycles. The van der Waals surface area contributed by atoms with Crippen molar-refractivity contribution in [3.63, 3.8) is 0 Å². The lowest BCUT2D eigenvalue weighted by Gasteiger charge is -2.30. The van der Waals surface area contributed by atoms with Gasteiger partial charge in [0.1, 0.15) is 0 Å². The van der Waals surface area contributed by atoms with Gasteiger partial charge in [0.2, 0.25) is 5.43 Å². The van der Waals surface area contributed by atoms with Crippen LogP contribution in [0.3, 0.4) is 0 Å². The molecule has 0 fully saturated rings. The number of fused-ring (bicyclic) bond motifs is 1. The lowest BCUT2D eigenvalue weighted by molar-refractivity contribution is 0.233. The number of para-hydroxylation sites is 1. The van der Waals surface area contributed by atoms with E-state index in [2.05, 4.69) is 38.5 Å². The summed E-state index contributed by atoms with van der Waals surface area (Å²) in [5.74, 6) is 1.19. The first kappa shape index (κ1) is 14.1. The number of benzene rings is 1. The zero-order chi connectivity index (χ0) is 14.0. The van der Waals surface area contributed by atoms with Gasteiger partial charge in [-0.15, -0.1) is 0 Å². The van der Waals surface area contributed by atoms with Gasteiger partial charge in [0.05, 0.1) is 11.7 Å². The van der Waals surface area contributed by atoms with Crippen molar-refractivity contribution >= 4 is 23.5 Å². The van der Waals surface area contributed by atoms with E-state index in [1.165, 1.54) is 6.20 Å². The van der Waals surface area contributed by atoms with Crippen LogP contribution < -0.4 is 5.43 Å². The summed E-state index contributed by atoms with van der Waals surface area (Å²) in [5.41, 5.74) is 1.03. The molecule has 1 atom stereocenters. The van der Waals surface area contributed by atoms with Crippen LogP contribution in [0.5, 0.6) is 0 Å². The molecular weight excluding hydrogens is 256 g/mol. The molecule has 102 valence electrons. The van der Waals surface area contributed by atoms with Crippen molar-refractivity contribution in [1.82, 2.24) is 9.78 Å². The summed E-state index contributed by atoms with van der Waals surface area (Å²) < 4.78 is 1.92. The van der Waals surface area contributed by atoms with Gasteiger partial charge in [-0.2, -0.15) is 17.7 Å². The molecule has 0 spiro atoms. The lowest BCUT2D eigenvalue weighted by Crippen LogP contribution is -2.28. The molecule has 0 saturated carbocycles. The fourth-order valence-electron chi connectivity index (χ4n) is 2.12. The third-order valence-corrected chi connectivity index (χ3v) is 4.04. The van der Waals surface area contributed by atoms with Crippen LogP contribution in [0.15, 0.2) is 35.3 Å². The number of rotatable bonds is 3. The Hall–Kier alpha value is -1.29. The third-order valence-electron chi connectivity index (χ3n) is 3.60. The summed E-state index contributed by atoms with van der Waals surface area (Å²) in [6.45, 7) is 7.39. The monoisotopic (exact) mass is 276 g/mol. The summed E-state index contributed by atoms with van der Waals surface area (Å²) in [5, 5.41) is 5.00. The molecule has 0 aliphatic heterocycles. The highest BCUT2D eigenvalue weighted by Gasteiger charge is 2.24. The zero-order valence-corrected chi connectivity index (χ0v) is 12.5. The Morgan fingerprint density at radius 3 is 2.63 bits per heavy atom. The molecule has 2 rings (SSSR count). The molecule has 0 amide bonds. The second-order valence-corrected chi connectivity index (χ2v) is 6.32. The molecule has 1 aromatic heterocycles. The number of aromatic nitrogens is 2. The smallest absolute Gasteiger partial charge is 0.207 e. The van der Waals surface area contributed by atoms with Gasteiger partial charge in [0.15, 0.2) is 0 Å². The van der Waals surface area contributed by atoms with Crippen molar-refractivity contribution in [2.24, 2.45) is 11.3 Å². The Labute approximate surface area is 119 Å². The molecule has 4 heteroatoms. The van der Waals surface area contributed by atoms with Crippen LogP contribution in [0.25, 0.3) is 10.9 Å². The van der Waals surface area contributed by atoms with Crippen LogP contribution in [0.1, 0.15) is 20.8 Å². The van der Waals surface area contributed by atoms with Crippen molar-refractivity contribution < 1.29 is 0 Å². The van der Waals surface area contributed by atoms with Gasteiger partial charge in [0, 0.05) is 11.9 Å². The molecule has 0 aliphatic rings. The lowest BCUT2D eigenvalue weighted by atomic mass is 9.82. The van der Waals surface area contributed by atoms with Crippen molar-refractivity contribution in [2.45, 2.75) is 27.3 Å². The van der Waals surface area contributed by atoms with Gasteiger partial charge in [-0.25, -0.2) is 0 Å². The topological polar surface area (TPSA) is 34.9 Å². The molecule has 1 aromatic carbocycles. The van der Waals surface area contributed by atoms with Gasteiger partial charge < -0.3 is 0 Å². The molecule has 1 unspecified atom stereocenters. The van der Waals surface area contributed by atoms with E-state index in [0.29, 0.717) is 5.92 Å². The Bertz CT molecular complexity index is 628. The molecule has 1 heterocycles. The highest BCUT2D eigenvalue weighted by molar-refractivity contribution is 7.80. The van der Waals surface area contributed by atoms with E-state index in [0.717, 1.165) is 23.2 Å². The van der Waals surface area contributed by atoms with Crippen molar-refractivity contribution in [3.05, 3.63) is 40.7 Å². The van der Waals surface area contributed by atoms with Gasteiger partial charge >= 0.3 is 0 Å². The first-order chi connectivity index (χ1) is 8.93.